The second-order valence-electron chi connectivity index (χ2n) is 4.86. The first-order chi connectivity index (χ1) is 6.99. The van der Waals surface area contributed by atoms with Crippen molar-refractivity contribution in [3.05, 3.63) is 34.6 Å². The minimum absolute atomic E-state index is 0.228. The van der Waals surface area contributed by atoms with Crippen LogP contribution >= 0.6 is 11.6 Å². The van der Waals surface area contributed by atoms with Crippen molar-refractivity contribution in [2.24, 2.45) is 5.41 Å². The number of halogens is 2. The van der Waals surface area contributed by atoms with Gasteiger partial charge in [0.1, 0.15) is 5.82 Å². The van der Waals surface area contributed by atoms with Crippen molar-refractivity contribution in [2.45, 2.75) is 32.9 Å². The molecule has 0 radical (unpaired) electrons. The Morgan fingerprint density at radius 1 is 1.53 bits per heavy atom. The molecule has 1 aliphatic rings. The molecule has 15 heavy (non-hydrogen) atoms. The van der Waals surface area contributed by atoms with Crippen molar-refractivity contribution in [3.63, 3.8) is 0 Å². The standard InChI is InChI=1S/C12H15ClFN/c1-12(2)6-11(12)15-7-8-3-4-9(13)5-10(8)14/h3-5,11,15H,6-7H2,1-2H3. The van der Waals surface area contributed by atoms with Gasteiger partial charge in [-0.15, -0.1) is 0 Å². The van der Waals surface area contributed by atoms with Crippen LogP contribution in [-0.4, -0.2) is 6.04 Å². The first-order valence-electron chi connectivity index (χ1n) is 5.16. The highest BCUT2D eigenvalue weighted by Crippen LogP contribution is 2.44. The Hall–Kier alpha value is -0.600. The largest absolute Gasteiger partial charge is 0.309 e. The molecule has 0 aromatic heterocycles. The van der Waals surface area contributed by atoms with Gasteiger partial charge in [0.2, 0.25) is 0 Å². The van der Waals surface area contributed by atoms with Crippen molar-refractivity contribution < 1.29 is 4.39 Å². The number of rotatable bonds is 3. The van der Waals surface area contributed by atoms with Gasteiger partial charge in [0, 0.05) is 23.2 Å². The molecular weight excluding hydrogens is 213 g/mol. The van der Waals surface area contributed by atoms with E-state index in [9.17, 15) is 4.39 Å². The maximum absolute atomic E-state index is 13.4. The van der Waals surface area contributed by atoms with Crippen LogP contribution in [0, 0.1) is 11.2 Å². The van der Waals surface area contributed by atoms with Crippen molar-refractivity contribution in [1.82, 2.24) is 5.32 Å². The van der Waals surface area contributed by atoms with E-state index in [2.05, 4.69) is 19.2 Å². The molecule has 1 saturated carbocycles. The summed E-state index contributed by atoms with van der Waals surface area (Å²) in [4.78, 5) is 0. The Morgan fingerprint density at radius 3 is 2.73 bits per heavy atom. The van der Waals surface area contributed by atoms with Crippen LogP contribution in [0.15, 0.2) is 18.2 Å². The van der Waals surface area contributed by atoms with Crippen LogP contribution in [0.3, 0.4) is 0 Å². The van der Waals surface area contributed by atoms with Crippen LogP contribution < -0.4 is 5.32 Å². The molecule has 1 nitrogen and oxygen atoms in total. The summed E-state index contributed by atoms with van der Waals surface area (Å²) in [7, 11) is 0. The van der Waals surface area contributed by atoms with Gasteiger partial charge in [0.25, 0.3) is 0 Å². The lowest BCUT2D eigenvalue weighted by Crippen LogP contribution is -2.20. The lowest BCUT2D eigenvalue weighted by molar-refractivity contribution is 0.528. The molecule has 1 aromatic carbocycles. The Bertz CT molecular complexity index is 376. The molecule has 0 heterocycles. The van der Waals surface area contributed by atoms with Crippen molar-refractivity contribution in [2.75, 3.05) is 0 Å². The van der Waals surface area contributed by atoms with E-state index in [1.165, 1.54) is 12.5 Å². The molecule has 1 N–H and O–H groups in total. The van der Waals surface area contributed by atoms with Gasteiger partial charge in [-0.05, 0) is 24.0 Å². The van der Waals surface area contributed by atoms with Gasteiger partial charge in [-0.3, -0.25) is 0 Å². The number of nitrogens with one attached hydrogen (secondary N) is 1. The molecule has 2 rings (SSSR count). The maximum Gasteiger partial charge on any atom is 0.129 e. The summed E-state index contributed by atoms with van der Waals surface area (Å²) in [5, 5.41) is 3.79. The Labute approximate surface area is 94.6 Å². The first-order valence-corrected chi connectivity index (χ1v) is 5.54. The summed E-state index contributed by atoms with van der Waals surface area (Å²) in [6.07, 6.45) is 1.17. The highest BCUT2D eigenvalue weighted by Gasteiger charge is 2.45. The maximum atomic E-state index is 13.4. The second-order valence-corrected chi connectivity index (χ2v) is 5.30. The summed E-state index contributed by atoms with van der Waals surface area (Å²) in [6.45, 7) is 5.00. The summed E-state index contributed by atoms with van der Waals surface area (Å²) in [5.41, 5.74) is 1.06. The minimum atomic E-state index is -0.228. The summed E-state index contributed by atoms with van der Waals surface area (Å²) in [6, 6.07) is 5.34. The van der Waals surface area contributed by atoms with E-state index in [4.69, 9.17) is 11.6 Å². The Morgan fingerprint density at radius 2 is 2.20 bits per heavy atom. The quantitative estimate of drug-likeness (QED) is 0.835. The molecule has 0 aliphatic heterocycles. The normalized spacial score (nSPS) is 22.8. The molecule has 1 aliphatic carbocycles. The zero-order chi connectivity index (χ0) is 11.1. The first kappa shape index (κ1) is 10.9. The Kier molecular flexibility index (Phi) is 2.73. The van der Waals surface area contributed by atoms with Crippen LogP contribution in [0.5, 0.6) is 0 Å². The predicted molar refractivity (Wildman–Crippen MR) is 60.4 cm³/mol. The third-order valence-electron chi connectivity index (χ3n) is 3.07. The van der Waals surface area contributed by atoms with E-state index in [-0.39, 0.29) is 5.82 Å². The van der Waals surface area contributed by atoms with Gasteiger partial charge >= 0.3 is 0 Å². The fourth-order valence-corrected chi connectivity index (χ4v) is 1.87. The van der Waals surface area contributed by atoms with Gasteiger partial charge in [0.05, 0.1) is 0 Å². The highest BCUT2D eigenvalue weighted by atomic mass is 35.5. The van der Waals surface area contributed by atoms with Crippen LogP contribution in [0.4, 0.5) is 4.39 Å². The fourth-order valence-electron chi connectivity index (χ4n) is 1.71. The SMILES string of the molecule is CC1(C)CC1NCc1ccc(Cl)cc1F. The molecule has 3 heteroatoms. The van der Waals surface area contributed by atoms with Crippen LogP contribution in [0.1, 0.15) is 25.8 Å². The van der Waals surface area contributed by atoms with E-state index in [1.54, 1.807) is 12.1 Å². The number of hydrogen-bond acceptors (Lipinski definition) is 1. The van der Waals surface area contributed by atoms with Gasteiger partial charge < -0.3 is 5.32 Å². The third-order valence-corrected chi connectivity index (χ3v) is 3.30. The fraction of sp³-hybridized carbons (Fsp3) is 0.500. The topological polar surface area (TPSA) is 12.0 Å². The van der Waals surface area contributed by atoms with E-state index in [0.29, 0.717) is 28.6 Å². The smallest absolute Gasteiger partial charge is 0.129 e. The molecule has 1 fully saturated rings. The zero-order valence-corrected chi connectivity index (χ0v) is 9.74. The van der Waals surface area contributed by atoms with Crippen molar-refractivity contribution >= 4 is 11.6 Å². The summed E-state index contributed by atoms with van der Waals surface area (Å²) < 4.78 is 13.4. The highest BCUT2D eigenvalue weighted by molar-refractivity contribution is 6.30. The number of hydrogen-bond donors (Lipinski definition) is 1. The van der Waals surface area contributed by atoms with Gasteiger partial charge in [-0.25, -0.2) is 4.39 Å². The van der Waals surface area contributed by atoms with Gasteiger partial charge in [-0.2, -0.15) is 0 Å². The molecule has 1 aromatic rings. The van der Waals surface area contributed by atoms with Crippen LogP contribution in [-0.2, 0) is 6.54 Å². The van der Waals surface area contributed by atoms with E-state index >= 15 is 0 Å². The van der Waals surface area contributed by atoms with Crippen molar-refractivity contribution in [3.8, 4) is 0 Å². The molecule has 0 saturated heterocycles. The molecule has 1 unspecified atom stereocenters. The van der Waals surface area contributed by atoms with Gasteiger partial charge in [-0.1, -0.05) is 31.5 Å². The van der Waals surface area contributed by atoms with E-state index in [1.807, 2.05) is 0 Å². The van der Waals surface area contributed by atoms with Crippen LogP contribution in [0.2, 0.25) is 5.02 Å². The second kappa shape index (κ2) is 3.76. The zero-order valence-electron chi connectivity index (χ0n) is 8.98. The molecule has 0 spiro atoms. The molecule has 0 bridgehead atoms. The molecule has 1 atom stereocenters. The average Bonchev–Trinajstić information content (AvgIpc) is 2.73. The summed E-state index contributed by atoms with van der Waals surface area (Å²) >= 11 is 5.68. The Balaban J connectivity index is 1.94. The molecular formula is C12H15ClFN. The average molecular weight is 228 g/mol. The minimum Gasteiger partial charge on any atom is -0.309 e. The third kappa shape index (κ3) is 2.50. The van der Waals surface area contributed by atoms with Crippen molar-refractivity contribution in [1.29, 1.82) is 0 Å². The number of benzene rings is 1. The van der Waals surface area contributed by atoms with Crippen LogP contribution in [0.25, 0.3) is 0 Å². The molecule has 0 amide bonds. The van der Waals surface area contributed by atoms with Gasteiger partial charge in [0.15, 0.2) is 0 Å². The summed E-state index contributed by atoms with van der Waals surface area (Å²) in [5.74, 6) is -0.228. The predicted octanol–water partition coefficient (Wildman–Crippen LogP) is 3.37. The van der Waals surface area contributed by atoms with E-state index in [0.717, 1.165) is 0 Å². The lowest BCUT2D eigenvalue weighted by Gasteiger charge is -2.07. The monoisotopic (exact) mass is 227 g/mol. The molecule has 82 valence electrons. The lowest BCUT2D eigenvalue weighted by atomic mass is 10.1. The van der Waals surface area contributed by atoms with E-state index < -0.39 is 0 Å².